The summed E-state index contributed by atoms with van der Waals surface area (Å²) < 4.78 is 40.8. The van der Waals surface area contributed by atoms with E-state index < -0.39 is 15.8 Å². The number of nitrogens with zero attached hydrogens (tertiary/aromatic N) is 1. The second kappa shape index (κ2) is 7.05. The lowest BCUT2D eigenvalue weighted by atomic mass is 9.53. The number of carbonyl (C=O) groups excluding carboxylic acids is 1. The highest BCUT2D eigenvalue weighted by Crippen LogP contribution is 2.55. The van der Waals surface area contributed by atoms with Gasteiger partial charge in [-0.2, -0.15) is 4.31 Å². The molecule has 1 unspecified atom stereocenters. The third-order valence-corrected chi connectivity index (χ3v) is 9.48. The molecule has 29 heavy (non-hydrogen) atoms. The fourth-order valence-electron chi connectivity index (χ4n) is 6.78. The van der Waals surface area contributed by atoms with Crippen LogP contribution in [0, 0.1) is 29.5 Å². The van der Waals surface area contributed by atoms with E-state index in [1.54, 1.807) is 0 Å². The Morgan fingerprint density at radius 2 is 1.76 bits per heavy atom. The maximum Gasteiger partial charge on any atom is 0.243 e. The third-order valence-electron chi connectivity index (χ3n) is 7.62. The van der Waals surface area contributed by atoms with Crippen LogP contribution in [-0.2, 0) is 14.8 Å². The summed E-state index contributed by atoms with van der Waals surface area (Å²) in [6, 6.07) is 5.10. The summed E-state index contributed by atoms with van der Waals surface area (Å²) in [5.41, 5.74) is -0.0600. The Hall–Kier alpha value is -1.47. The fourth-order valence-corrected chi connectivity index (χ4v) is 8.33. The highest BCUT2D eigenvalue weighted by molar-refractivity contribution is 7.89. The summed E-state index contributed by atoms with van der Waals surface area (Å²) in [6.07, 6.45) is 8.56. The lowest BCUT2D eigenvalue weighted by molar-refractivity contribution is -0.131. The second-order valence-corrected chi connectivity index (χ2v) is 11.8. The number of amides is 1. The molecular weight excluding hydrogens is 391 g/mol. The smallest absolute Gasteiger partial charge is 0.243 e. The van der Waals surface area contributed by atoms with Gasteiger partial charge in [-0.15, -0.1) is 0 Å². The first-order valence-electron chi connectivity index (χ1n) is 10.9. The number of hydrogen-bond acceptors (Lipinski definition) is 3. The number of hydrogen-bond donors (Lipinski definition) is 1. The first kappa shape index (κ1) is 19.5. The molecule has 158 valence electrons. The molecule has 1 saturated heterocycles. The van der Waals surface area contributed by atoms with Crippen LogP contribution >= 0.6 is 0 Å². The number of nitrogens with one attached hydrogen (secondary N) is 1. The number of rotatable bonds is 4. The molecule has 5 aliphatic rings. The van der Waals surface area contributed by atoms with Crippen molar-refractivity contribution in [3.05, 3.63) is 30.1 Å². The lowest BCUT2D eigenvalue weighted by Crippen LogP contribution is -2.61. The first-order chi connectivity index (χ1) is 13.8. The number of halogens is 1. The van der Waals surface area contributed by atoms with Crippen molar-refractivity contribution in [1.29, 1.82) is 0 Å². The van der Waals surface area contributed by atoms with Crippen LogP contribution in [0.5, 0.6) is 0 Å². The molecule has 1 aromatic rings. The summed E-state index contributed by atoms with van der Waals surface area (Å²) in [5.74, 6) is 1.35. The zero-order chi connectivity index (χ0) is 20.2. The normalized spacial score (nSPS) is 36.9. The molecule has 0 spiro atoms. The molecular formula is C22H29FN2O3S. The van der Waals surface area contributed by atoms with Gasteiger partial charge in [0.15, 0.2) is 0 Å². The maximum absolute atomic E-state index is 13.5. The predicted octanol–water partition coefficient (Wildman–Crippen LogP) is 3.31. The van der Waals surface area contributed by atoms with E-state index in [-0.39, 0.29) is 28.8 Å². The summed E-state index contributed by atoms with van der Waals surface area (Å²) in [4.78, 5) is 13.1. The number of sulfonamides is 1. The van der Waals surface area contributed by atoms with Crippen LogP contribution in [0.25, 0.3) is 0 Å². The SMILES string of the molecule is O=C(NC12CC3CC(CC(C3)C1)C2)C1CCCN(S(=O)(=O)c2cccc(F)c2)C1. The van der Waals surface area contributed by atoms with E-state index in [2.05, 4.69) is 5.32 Å². The molecule has 4 saturated carbocycles. The van der Waals surface area contributed by atoms with E-state index in [9.17, 15) is 17.6 Å². The number of piperidine rings is 1. The Bertz CT molecular complexity index is 881. The van der Waals surface area contributed by atoms with Crippen LogP contribution in [0.2, 0.25) is 0 Å². The highest BCUT2D eigenvalue weighted by atomic mass is 32.2. The molecule has 7 heteroatoms. The molecule has 6 rings (SSSR count). The molecule has 1 N–H and O–H groups in total. The molecule has 5 nitrogen and oxygen atoms in total. The Morgan fingerprint density at radius 1 is 1.10 bits per heavy atom. The summed E-state index contributed by atoms with van der Waals surface area (Å²) >= 11 is 0. The minimum atomic E-state index is -3.79. The van der Waals surface area contributed by atoms with E-state index in [1.165, 1.54) is 41.8 Å². The molecule has 4 bridgehead atoms. The van der Waals surface area contributed by atoms with Crippen LogP contribution in [-0.4, -0.2) is 37.3 Å². The van der Waals surface area contributed by atoms with E-state index in [0.717, 1.165) is 43.1 Å². The fraction of sp³-hybridized carbons (Fsp3) is 0.682. The van der Waals surface area contributed by atoms with Gasteiger partial charge in [0.1, 0.15) is 5.82 Å². The van der Waals surface area contributed by atoms with Gasteiger partial charge >= 0.3 is 0 Å². The van der Waals surface area contributed by atoms with Crippen molar-refractivity contribution >= 4 is 15.9 Å². The zero-order valence-corrected chi connectivity index (χ0v) is 17.5. The molecule has 1 aromatic carbocycles. The third kappa shape index (κ3) is 3.61. The highest BCUT2D eigenvalue weighted by Gasteiger charge is 2.52. The monoisotopic (exact) mass is 420 g/mol. The Morgan fingerprint density at radius 3 is 2.38 bits per heavy atom. The van der Waals surface area contributed by atoms with Gasteiger partial charge in [0.2, 0.25) is 15.9 Å². The summed E-state index contributed by atoms with van der Waals surface area (Å²) in [6.45, 7) is 0.553. The van der Waals surface area contributed by atoms with Crippen molar-refractivity contribution in [3.8, 4) is 0 Å². The summed E-state index contributed by atoms with van der Waals surface area (Å²) in [7, 11) is -3.79. The van der Waals surface area contributed by atoms with Crippen LogP contribution < -0.4 is 5.32 Å². The molecule has 1 amide bonds. The molecule has 1 aliphatic heterocycles. The van der Waals surface area contributed by atoms with E-state index in [0.29, 0.717) is 19.4 Å². The van der Waals surface area contributed by atoms with Crippen molar-refractivity contribution in [3.63, 3.8) is 0 Å². The van der Waals surface area contributed by atoms with Gasteiger partial charge in [-0.3, -0.25) is 4.79 Å². The molecule has 4 aliphatic carbocycles. The van der Waals surface area contributed by atoms with Crippen molar-refractivity contribution in [1.82, 2.24) is 9.62 Å². The molecule has 0 aromatic heterocycles. The molecule has 5 fully saturated rings. The van der Waals surface area contributed by atoms with E-state index in [1.807, 2.05) is 0 Å². The number of carbonyl (C=O) groups is 1. The quantitative estimate of drug-likeness (QED) is 0.813. The number of benzene rings is 1. The van der Waals surface area contributed by atoms with Crippen LogP contribution in [0.3, 0.4) is 0 Å². The van der Waals surface area contributed by atoms with Crippen LogP contribution in [0.1, 0.15) is 51.4 Å². The Balaban J connectivity index is 1.29. The molecule has 1 heterocycles. The average Bonchev–Trinajstić information content (AvgIpc) is 2.66. The van der Waals surface area contributed by atoms with Crippen molar-refractivity contribution in [2.24, 2.45) is 23.7 Å². The van der Waals surface area contributed by atoms with Gasteiger partial charge in [-0.1, -0.05) is 6.07 Å². The Kier molecular flexibility index (Phi) is 4.74. The van der Waals surface area contributed by atoms with Crippen molar-refractivity contribution in [2.75, 3.05) is 13.1 Å². The maximum atomic E-state index is 13.5. The van der Waals surface area contributed by atoms with Gasteiger partial charge in [0, 0.05) is 18.6 Å². The van der Waals surface area contributed by atoms with Crippen LogP contribution in [0.4, 0.5) is 4.39 Å². The van der Waals surface area contributed by atoms with Crippen molar-refractivity contribution in [2.45, 2.75) is 61.8 Å². The van der Waals surface area contributed by atoms with E-state index in [4.69, 9.17) is 0 Å². The second-order valence-electron chi connectivity index (χ2n) is 9.85. The standard InChI is InChI=1S/C22H29FN2O3S/c23-19-4-1-5-20(10-19)29(27,28)25-6-2-3-18(14-25)21(26)24-22-11-15-7-16(12-22)9-17(8-15)13-22/h1,4-5,10,15-18H,2-3,6-9,11-14H2,(H,24,26). The van der Waals surface area contributed by atoms with Gasteiger partial charge < -0.3 is 5.32 Å². The largest absolute Gasteiger partial charge is 0.350 e. The average molecular weight is 421 g/mol. The predicted molar refractivity (Wildman–Crippen MR) is 107 cm³/mol. The Labute approximate surface area is 172 Å². The summed E-state index contributed by atoms with van der Waals surface area (Å²) in [5, 5.41) is 3.39. The minimum Gasteiger partial charge on any atom is -0.350 e. The minimum absolute atomic E-state index is 0.00564. The van der Waals surface area contributed by atoms with Gasteiger partial charge in [-0.05, 0) is 87.3 Å². The van der Waals surface area contributed by atoms with Gasteiger partial charge in [0.25, 0.3) is 0 Å². The topological polar surface area (TPSA) is 66.5 Å². The zero-order valence-electron chi connectivity index (χ0n) is 16.6. The van der Waals surface area contributed by atoms with Crippen LogP contribution in [0.15, 0.2) is 29.2 Å². The first-order valence-corrected chi connectivity index (χ1v) is 12.3. The molecule has 1 atom stereocenters. The molecule has 0 radical (unpaired) electrons. The van der Waals surface area contributed by atoms with Crippen molar-refractivity contribution < 1.29 is 17.6 Å². The van der Waals surface area contributed by atoms with Gasteiger partial charge in [0.05, 0.1) is 10.8 Å². The van der Waals surface area contributed by atoms with E-state index >= 15 is 0 Å². The van der Waals surface area contributed by atoms with Gasteiger partial charge in [-0.25, -0.2) is 12.8 Å². The lowest BCUT2D eigenvalue weighted by Gasteiger charge is -2.57.